The van der Waals surface area contributed by atoms with E-state index in [1.807, 2.05) is 32.0 Å². The van der Waals surface area contributed by atoms with Crippen molar-refractivity contribution in [1.82, 2.24) is 14.3 Å². The molecule has 0 bridgehead atoms. The number of aliphatic hydroxyl groups is 1. The monoisotopic (exact) mass is 287 g/mol. The maximum absolute atomic E-state index is 12.3. The summed E-state index contributed by atoms with van der Waals surface area (Å²) < 4.78 is 3.14. The molecule has 5 nitrogen and oxygen atoms in total. The highest BCUT2D eigenvalue weighted by atomic mass is 16.3. The zero-order chi connectivity index (χ0) is 15.0. The van der Waals surface area contributed by atoms with E-state index in [-0.39, 0.29) is 12.2 Å². The smallest absolute Gasteiger partial charge is 0.346 e. The van der Waals surface area contributed by atoms with Gasteiger partial charge in [0.2, 0.25) is 0 Å². The van der Waals surface area contributed by atoms with Crippen LogP contribution in [0.25, 0.3) is 0 Å². The number of fused-ring (bicyclic) bond motifs is 1. The van der Waals surface area contributed by atoms with E-state index in [0.29, 0.717) is 0 Å². The van der Waals surface area contributed by atoms with Crippen LogP contribution in [-0.2, 0) is 19.5 Å². The minimum Gasteiger partial charge on any atom is -0.386 e. The Morgan fingerprint density at radius 2 is 2.10 bits per heavy atom. The average molecular weight is 287 g/mol. The lowest BCUT2D eigenvalue weighted by Crippen LogP contribution is -2.28. The minimum atomic E-state index is -0.709. The molecule has 112 valence electrons. The van der Waals surface area contributed by atoms with Gasteiger partial charge in [0.1, 0.15) is 5.82 Å². The van der Waals surface area contributed by atoms with Gasteiger partial charge in [0.15, 0.2) is 0 Å². The van der Waals surface area contributed by atoms with Crippen molar-refractivity contribution < 1.29 is 5.11 Å². The lowest BCUT2D eigenvalue weighted by atomic mass is 10.0. The first-order valence-electron chi connectivity index (χ1n) is 7.48. The van der Waals surface area contributed by atoms with Crippen molar-refractivity contribution in [2.75, 3.05) is 0 Å². The third kappa shape index (κ3) is 2.65. The first kappa shape index (κ1) is 14.1. The molecule has 3 rings (SSSR count). The molecule has 2 aromatic rings. The zero-order valence-electron chi connectivity index (χ0n) is 12.5. The highest BCUT2D eigenvalue weighted by Crippen LogP contribution is 2.18. The van der Waals surface area contributed by atoms with E-state index in [4.69, 9.17) is 0 Å². The second-order valence-corrected chi connectivity index (χ2v) is 5.85. The van der Waals surface area contributed by atoms with Gasteiger partial charge in [-0.05, 0) is 43.4 Å². The molecule has 0 spiro atoms. The Labute approximate surface area is 123 Å². The topological polar surface area (TPSA) is 60.0 Å². The summed E-state index contributed by atoms with van der Waals surface area (Å²) in [5, 5.41) is 14.7. The van der Waals surface area contributed by atoms with Crippen LogP contribution in [0.4, 0.5) is 0 Å². The highest BCUT2D eigenvalue weighted by Gasteiger charge is 2.19. The van der Waals surface area contributed by atoms with Crippen LogP contribution in [0.5, 0.6) is 0 Å². The van der Waals surface area contributed by atoms with E-state index in [9.17, 15) is 9.90 Å². The van der Waals surface area contributed by atoms with Crippen LogP contribution in [0.2, 0.25) is 0 Å². The van der Waals surface area contributed by atoms with Crippen LogP contribution in [0.1, 0.15) is 41.5 Å². The Kier molecular flexibility index (Phi) is 3.68. The molecule has 1 aromatic carbocycles. The van der Waals surface area contributed by atoms with Crippen LogP contribution in [0.3, 0.4) is 0 Å². The van der Waals surface area contributed by atoms with E-state index >= 15 is 0 Å². The lowest BCUT2D eigenvalue weighted by molar-refractivity contribution is 0.149. The summed E-state index contributed by atoms with van der Waals surface area (Å²) in [4.78, 5) is 12.3. The molecule has 21 heavy (non-hydrogen) atoms. The standard InChI is InChI=1S/C16H21N3O2/c1-11-6-7-13(9-12(11)2)14(20)10-19-16(21)18-8-4-3-5-15(18)17-19/h6-7,9,14,20H,3-5,8,10H2,1-2H3. The average Bonchev–Trinajstić information content (AvgIpc) is 2.79. The summed E-state index contributed by atoms with van der Waals surface area (Å²) in [6, 6.07) is 5.88. The third-order valence-electron chi connectivity index (χ3n) is 4.29. The second-order valence-electron chi connectivity index (χ2n) is 5.85. The van der Waals surface area contributed by atoms with Crippen molar-refractivity contribution in [3.8, 4) is 0 Å². The first-order valence-corrected chi connectivity index (χ1v) is 7.48. The number of hydrogen-bond acceptors (Lipinski definition) is 3. The summed E-state index contributed by atoms with van der Waals surface area (Å²) in [5.41, 5.74) is 3.06. The molecule has 1 N–H and O–H groups in total. The summed E-state index contributed by atoms with van der Waals surface area (Å²) in [7, 11) is 0. The number of nitrogens with zero attached hydrogens (tertiary/aromatic N) is 3. The molecule has 0 amide bonds. The molecule has 1 aliphatic heterocycles. The quantitative estimate of drug-likeness (QED) is 0.935. The van der Waals surface area contributed by atoms with Gasteiger partial charge in [-0.1, -0.05) is 18.2 Å². The molecule has 1 aromatic heterocycles. The number of aromatic nitrogens is 3. The maximum Gasteiger partial charge on any atom is 0.346 e. The molecular formula is C16H21N3O2. The number of hydrogen-bond donors (Lipinski definition) is 1. The molecule has 0 saturated carbocycles. The zero-order valence-corrected chi connectivity index (χ0v) is 12.5. The fourth-order valence-electron chi connectivity index (χ4n) is 2.81. The van der Waals surface area contributed by atoms with Gasteiger partial charge in [0, 0.05) is 13.0 Å². The Bertz CT molecular complexity index is 715. The van der Waals surface area contributed by atoms with Gasteiger partial charge < -0.3 is 5.11 Å². The Hall–Kier alpha value is -1.88. The molecule has 1 unspecified atom stereocenters. The van der Waals surface area contributed by atoms with Gasteiger partial charge in [-0.2, -0.15) is 5.10 Å². The Balaban J connectivity index is 1.84. The minimum absolute atomic E-state index is 0.104. The highest BCUT2D eigenvalue weighted by molar-refractivity contribution is 5.31. The predicted molar refractivity (Wildman–Crippen MR) is 80.3 cm³/mol. The van der Waals surface area contributed by atoms with E-state index in [0.717, 1.165) is 42.8 Å². The lowest BCUT2D eigenvalue weighted by Gasteiger charge is -2.12. The fourth-order valence-corrected chi connectivity index (χ4v) is 2.81. The molecule has 2 heterocycles. The number of rotatable bonds is 3. The van der Waals surface area contributed by atoms with Gasteiger partial charge in [0.25, 0.3) is 0 Å². The second kappa shape index (κ2) is 5.48. The Morgan fingerprint density at radius 3 is 2.81 bits per heavy atom. The van der Waals surface area contributed by atoms with Gasteiger partial charge in [-0.3, -0.25) is 4.57 Å². The summed E-state index contributed by atoms with van der Waals surface area (Å²) in [6.07, 6.45) is 2.25. The fraction of sp³-hybridized carbons (Fsp3) is 0.500. The van der Waals surface area contributed by atoms with Gasteiger partial charge in [-0.15, -0.1) is 0 Å². The number of aryl methyl sites for hydroxylation is 3. The Morgan fingerprint density at radius 1 is 1.29 bits per heavy atom. The van der Waals surface area contributed by atoms with Crippen LogP contribution >= 0.6 is 0 Å². The molecule has 1 aliphatic rings. The van der Waals surface area contributed by atoms with Crippen molar-refractivity contribution in [2.45, 2.75) is 52.3 Å². The molecule has 0 radical (unpaired) electrons. The summed E-state index contributed by atoms with van der Waals surface area (Å²) in [5.74, 6) is 0.846. The molecule has 5 heteroatoms. The summed E-state index contributed by atoms with van der Waals surface area (Å²) in [6.45, 7) is 5.02. The SMILES string of the molecule is Cc1ccc(C(O)Cn2nc3n(c2=O)CCCC3)cc1C. The predicted octanol–water partition coefficient (Wildman–Crippen LogP) is 1.73. The molecule has 1 atom stereocenters. The van der Waals surface area contributed by atoms with Crippen molar-refractivity contribution >= 4 is 0 Å². The van der Waals surface area contributed by atoms with Crippen molar-refractivity contribution in [1.29, 1.82) is 0 Å². The van der Waals surface area contributed by atoms with E-state index < -0.39 is 6.10 Å². The summed E-state index contributed by atoms with van der Waals surface area (Å²) >= 11 is 0. The van der Waals surface area contributed by atoms with Crippen LogP contribution in [0, 0.1) is 13.8 Å². The molecule has 0 fully saturated rings. The van der Waals surface area contributed by atoms with E-state index in [2.05, 4.69) is 5.10 Å². The van der Waals surface area contributed by atoms with E-state index in [1.54, 1.807) is 4.57 Å². The number of benzene rings is 1. The largest absolute Gasteiger partial charge is 0.386 e. The van der Waals surface area contributed by atoms with Gasteiger partial charge in [0.05, 0.1) is 12.6 Å². The van der Waals surface area contributed by atoms with Crippen molar-refractivity contribution in [3.63, 3.8) is 0 Å². The normalized spacial score (nSPS) is 15.8. The third-order valence-corrected chi connectivity index (χ3v) is 4.29. The van der Waals surface area contributed by atoms with Gasteiger partial charge >= 0.3 is 5.69 Å². The van der Waals surface area contributed by atoms with Gasteiger partial charge in [-0.25, -0.2) is 9.48 Å². The molecular weight excluding hydrogens is 266 g/mol. The molecule has 0 saturated heterocycles. The van der Waals surface area contributed by atoms with Crippen molar-refractivity contribution in [3.05, 3.63) is 51.2 Å². The maximum atomic E-state index is 12.3. The molecule has 0 aliphatic carbocycles. The van der Waals surface area contributed by atoms with Crippen molar-refractivity contribution in [2.24, 2.45) is 0 Å². The van der Waals surface area contributed by atoms with Crippen LogP contribution in [0.15, 0.2) is 23.0 Å². The van der Waals surface area contributed by atoms with Crippen LogP contribution in [-0.4, -0.2) is 19.5 Å². The number of aliphatic hydroxyl groups excluding tert-OH is 1. The van der Waals surface area contributed by atoms with E-state index in [1.165, 1.54) is 10.2 Å². The van der Waals surface area contributed by atoms with Crippen LogP contribution < -0.4 is 5.69 Å². The first-order chi connectivity index (χ1) is 10.1.